The molecular weight excluding hydrogens is 791 g/mol. The van der Waals surface area contributed by atoms with Crippen molar-refractivity contribution in [3.63, 3.8) is 0 Å². The number of hydrogen-bond acceptors (Lipinski definition) is 2. The van der Waals surface area contributed by atoms with E-state index in [1.165, 1.54) is 87.3 Å². The van der Waals surface area contributed by atoms with E-state index in [4.69, 9.17) is 0 Å². The zero-order chi connectivity index (χ0) is 42.8. The second kappa shape index (κ2) is 15.2. The molecule has 0 amide bonds. The summed E-state index contributed by atoms with van der Waals surface area (Å²) in [5, 5.41) is 2.58. The minimum absolute atomic E-state index is 0.288. The van der Waals surface area contributed by atoms with Crippen LogP contribution in [-0.2, 0) is 10.8 Å². The molecule has 304 valence electrons. The summed E-state index contributed by atoms with van der Waals surface area (Å²) in [7, 11) is 0. The van der Waals surface area contributed by atoms with Crippen molar-refractivity contribution in [1.82, 2.24) is 0 Å². The third-order valence-corrected chi connectivity index (χ3v) is 15.0. The maximum absolute atomic E-state index is 2.43. The van der Waals surface area contributed by atoms with E-state index in [0.717, 1.165) is 17.1 Å². The molecule has 10 aromatic carbocycles. The monoisotopic (exact) mass is 835 g/mol. The molecule has 0 N–H and O–H groups in total. The predicted molar refractivity (Wildman–Crippen MR) is 269 cm³/mol. The van der Waals surface area contributed by atoms with Gasteiger partial charge in [-0.25, -0.2) is 0 Å². The van der Waals surface area contributed by atoms with E-state index in [9.17, 15) is 0 Å². The summed E-state index contributed by atoms with van der Waals surface area (Å²) in [5.41, 5.74) is 18.0. The van der Waals surface area contributed by atoms with Crippen LogP contribution >= 0.6 is 11.8 Å². The molecule has 10 aromatic rings. The molecule has 0 saturated heterocycles. The van der Waals surface area contributed by atoms with Crippen LogP contribution in [0.2, 0.25) is 0 Å². The van der Waals surface area contributed by atoms with Crippen LogP contribution in [0.5, 0.6) is 0 Å². The zero-order valence-electron chi connectivity index (χ0n) is 35.9. The van der Waals surface area contributed by atoms with Gasteiger partial charge in [0.2, 0.25) is 0 Å². The molecule has 0 bridgehead atoms. The molecule has 64 heavy (non-hydrogen) atoms. The van der Waals surface area contributed by atoms with Crippen LogP contribution in [0.15, 0.2) is 246 Å². The number of fused-ring (bicyclic) bond motifs is 10. The van der Waals surface area contributed by atoms with E-state index in [0.29, 0.717) is 0 Å². The van der Waals surface area contributed by atoms with Crippen LogP contribution in [0.3, 0.4) is 0 Å². The standard InChI is InChI=1S/C62H45NS/c1-61(2)52-26-12-13-27-53(52)62(54-28-14-16-31-58(54)64-60-51-24-10-9-22-45(51)36-41-56(60)62)55-29-17-25-50(59(55)61)46-34-39-48(40-35-46)63(47-37-32-43(33-38-47)42-18-5-3-6-19-42)57-30-15-11-23-49(57)44-20-7-4-8-21-44/h3-41H,1-2H3. The molecular formula is C62H45NS. The highest BCUT2D eigenvalue weighted by Gasteiger charge is 2.53. The Morgan fingerprint density at radius 2 is 0.891 bits per heavy atom. The predicted octanol–water partition coefficient (Wildman–Crippen LogP) is 16.8. The maximum atomic E-state index is 2.43. The van der Waals surface area contributed by atoms with Crippen molar-refractivity contribution in [2.45, 2.75) is 34.5 Å². The van der Waals surface area contributed by atoms with Gasteiger partial charge in [-0.05, 0) is 108 Å². The van der Waals surface area contributed by atoms with Crippen LogP contribution in [0.4, 0.5) is 17.1 Å². The first kappa shape index (κ1) is 38.3. The average molecular weight is 836 g/mol. The molecule has 2 aliphatic rings. The summed E-state index contributed by atoms with van der Waals surface area (Å²) in [4.78, 5) is 5.07. The molecule has 2 heteroatoms. The van der Waals surface area contributed by atoms with Crippen molar-refractivity contribution in [3.05, 3.63) is 270 Å². The lowest BCUT2D eigenvalue weighted by atomic mass is 9.53. The highest BCUT2D eigenvalue weighted by molar-refractivity contribution is 7.99. The van der Waals surface area contributed by atoms with Gasteiger partial charge in [-0.3, -0.25) is 0 Å². The zero-order valence-corrected chi connectivity index (χ0v) is 36.7. The number of benzene rings is 10. The van der Waals surface area contributed by atoms with E-state index < -0.39 is 5.41 Å². The Kier molecular flexibility index (Phi) is 9.07. The molecule has 0 fully saturated rings. The number of nitrogens with zero attached hydrogens (tertiary/aromatic N) is 1. The van der Waals surface area contributed by atoms with Gasteiger partial charge in [0.25, 0.3) is 0 Å². The average Bonchev–Trinajstić information content (AvgIpc) is 3.36. The summed E-state index contributed by atoms with van der Waals surface area (Å²) in [6.07, 6.45) is 0. The number of rotatable bonds is 6. The molecule has 1 spiro atoms. The molecule has 0 aromatic heterocycles. The molecule has 1 atom stereocenters. The second-order valence-electron chi connectivity index (χ2n) is 17.6. The minimum atomic E-state index is -0.511. The minimum Gasteiger partial charge on any atom is -0.310 e. The molecule has 0 radical (unpaired) electrons. The first-order valence-corrected chi connectivity index (χ1v) is 23.1. The molecule has 1 aliphatic heterocycles. The van der Waals surface area contributed by atoms with Crippen molar-refractivity contribution < 1.29 is 0 Å². The van der Waals surface area contributed by atoms with Crippen molar-refractivity contribution in [1.29, 1.82) is 0 Å². The Morgan fingerprint density at radius 1 is 0.359 bits per heavy atom. The Bertz CT molecular complexity index is 3370. The summed E-state index contributed by atoms with van der Waals surface area (Å²) in [6.45, 7) is 4.86. The van der Waals surface area contributed by atoms with Crippen LogP contribution in [0.1, 0.15) is 47.2 Å². The Hall–Kier alpha value is -7.39. The van der Waals surface area contributed by atoms with E-state index in [2.05, 4.69) is 255 Å². The third-order valence-electron chi connectivity index (χ3n) is 13.8. The van der Waals surface area contributed by atoms with Gasteiger partial charge in [0.15, 0.2) is 0 Å². The first-order valence-electron chi connectivity index (χ1n) is 22.3. The highest BCUT2D eigenvalue weighted by Crippen LogP contribution is 2.63. The maximum Gasteiger partial charge on any atom is 0.0729 e. The normalized spacial score (nSPS) is 15.5. The van der Waals surface area contributed by atoms with Crippen LogP contribution in [-0.4, -0.2) is 0 Å². The van der Waals surface area contributed by atoms with E-state index >= 15 is 0 Å². The highest BCUT2D eigenvalue weighted by atomic mass is 32.2. The Labute approximate surface area is 380 Å². The van der Waals surface area contributed by atoms with Crippen LogP contribution in [0.25, 0.3) is 44.2 Å². The van der Waals surface area contributed by atoms with E-state index in [1.54, 1.807) is 0 Å². The van der Waals surface area contributed by atoms with Crippen molar-refractivity contribution >= 4 is 39.6 Å². The van der Waals surface area contributed by atoms with Gasteiger partial charge in [0, 0.05) is 32.1 Å². The second-order valence-corrected chi connectivity index (χ2v) is 18.6. The van der Waals surface area contributed by atoms with E-state index in [1.807, 2.05) is 11.8 Å². The summed E-state index contributed by atoms with van der Waals surface area (Å²) in [5.74, 6) is 0. The summed E-state index contributed by atoms with van der Waals surface area (Å²) < 4.78 is 0. The van der Waals surface area contributed by atoms with Crippen molar-refractivity contribution in [3.8, 4) is 33.4 Å². The van der Waals surface area contributed by atoms with Gasteiger partial charge in [-0.1, -0.05) is 226 Å². The van der Waals surface area contributed by atoms with Crippen LogP contribution < -0.4 is 4.90 Å². The molecule has 12 rings (SSSR count). The van der Waals surface area contributed by atoms with Gasteiger partial charge < -0.3 is 4.90 Å². The van der Waals surface area contributed by atoms with Crippen molar-refractivity contribution in [2.75, 3.05) is 4.90 Å². The Balaban J connectivity index is 1.05. The molecule has 1 aliphatic carbocycles. The molecule has 1 heterocycles. The summed E-state index contributed by atoms with van der Waals surface area (Å²) >= 11 is 1.92. The molecule has 1 unspecified atom stereocenters. The SMILES string of the molecule is CC1(C)c2ccccc2C2(c3ccccc3Sc3c2ccc2ccccc32)c2cccc(-c3ccc(N(c4ccc(-c5ccccc5)cc4)c4ccccc4-c4ccccc4)cc3)c21. The molecule has 1 nitrogen and oxygen atoms in total. The largest absolute Gasteiger partial charge is 0.310 e. The van der Waals surface area contributed by atoms with Gasteiger partial charge in [-0.2, -0.15) is 0 Å². The summed E-state index contributed by atoms with van der Waals surface area (Å²) in [6, 6.07) is 87.6. The fraction of sp³-hybridized carbons (Fsp3) is 0.0645. The quantitative estimate of drug-likeness (QED) is 0.164. The van der Waals surface area contributed by atoms with Gasteiger partial charge in [0.05, 0.1) is 11.1 Å². The number of hydrogen-bond donors (Lipinski definition) is 0. The lowest BCUT2D eigenvalue weighted by Gasteiger charge is -2.51. The van der Waals surface area contributed by atoms with Crippen LogP contribution in [0, 0.1) is 0 Å². The Morgan fingerprint density at radius 3 is 1.64 bits per heavy atom. The lowest BCUT2D eigenvalue weighted by Crippen LogP contribution is -2.43. The topological polar surface area (TPSA) is 3.24 Å². The van der Waals surface area contributed by atoms with Gasteiger partial charge in [0.1, 0.15) is 0 Å². The fourth-order valence-corrected chi connectivity index (χ4v) is 12.3. The van der Waals surface area contributed by atoms with E-state index in [-0.39, 0.29) is 5.41 Å². The molecule has 0 saturated carbocycles. The third kappa shape index (κ3) is 5.86. The number of anilines is 3. The fourth-order valence-electron chi connectivity index (χ4n) is 10.9. The smallest absolute Gasteiger partial charge is 0.0729 e. The van der Waals surface area contributed by atoms with Gasteiger partial charge >= 0.3 is 0 Å². The van der Waals surface area contributed by atoms with Gasteiger partial charge in [-0.15, -0.1) is 0 Å². The van der Waals surface area contributed by atoms with Crippen molar-refractivity contribution in [2.24, 2.45) is 0 Å². The first-order chi connectivity index (χ1) is 31.5. The number of para-hydroxylation sites is 1. The lowest BCUT2D eigenvalue weighted by molar-refractivity contribution is 0.551.